The number of nitrogens with one attached hydrogen (secondary N) is 2. The highest BCUT2D eigenvalue weighted by Crippen LogP contribution is 2.27. The third-order valence-electron chi connectivity index (χ3n) is 5.83. The fraction of sp³-hybridized carbons (Fsp3) is 0.333. The zero-order valence-corrected chi connectivity index (χ0v) is 20.1. The summed E-state index contributed by atoms with van der Waals surface area (Å²) in [6.07, 6.45) is 0.645. The molecular formula is C24H27ClN4O6. The van der Waals surface area contributed by atoms with Crippen molar-refractivity contribution in [2.75, 3.05) is 25.9 Å². The van der Waals surface area contributed by atoms with E-state index in [0.717, 1.165) is 4.90 Å². The van der Waals surface area contributed by atoms with Crippen LogP contribution in [0.4, 0.5) is 10.5 Å². The average Bonchev–Trinajstić information content (AvgIpc) is 2.96. The molecule has 0 radical (unpaired) electrons. The van der Waals surface area contributed by atoms with Gasteiger partial charge in [-0.3, -0.25) is 14.5 Å². The maximum atomic E-state index is 13.3. The summed E-state index contributed by atoms with van der Waals surface area (Å²) in [6, 6.07) is 8.14. The van der Waals surface area contributed by atoms with Crippen LogP contribution in [0, 0.1) is 5.92 Å². The van der Waals surface area contributed by atoms with E-state index in [-0.39, 0.29) is 24.2 Å². The van der Waals surface area contributed by atoms with Gasteiger partial charge in [0.2, 0.25) is 11.8 Å². The van der Waals surface area contributed by atoms with Gasteiger partial charge in [0.05, 0.1) is 24.6 Å². The van der Waals surface area contributed by atoms with Gasteiger partial charge in [0.15, 0.2) is 0 Å². The second-order valence-corrected chi connectivity index (χ2v) is 8.58. The number of amides is 4. The highest BCUT2D eigenvalue weighted by Gasteiger charge is 2.35. The number of benzene rings is 2. The molecule has 5 N–H and O–H groups in total. The number of nitrogen functional groups attached to an aromatic ring is 1. The van der Waals surface area contributed by atoms with Crippen molar-refractivity contribution in [1.82, 2.24) is 15.5 Å². The van der Waals surface area contributed by atoms with E-state index < -0.39 is 42.3 Å². The van der Waals surface area contributed by atoms with E-state index in [2.05, 4.69) is 10.6 Å². The summed E-state index contributed by atoms with van der Waals surface area (Å²) in [5, 5.41) is 15.1. The van der Waals surface area contributed by atoms with Crippen LogP contribution in [0.3, 0.4) is 0 Å². The van der Waals surface area contributed by atoms with Gasteiger partial charge in [0, 0.05) is 17.3 Å². The van der Waals surface area contributed by atoms with Gasteiger partial charge in [-0.2, -0.15) is 0 Å². The third kappa shape index (κ3) is 6.02. The SMILES string of the molecule is CC[C@@H](NC(=O)N1CC(=O)NC[C@H](Cc2cc(Cl)ccc2OC)C1=O)c1ccc(C(=O)O)c(N)c1. The Balaban J connectivity index is 1.81. The van der Waals surface area contributed by atoms with Crippen molar-refractivity contribution in [1.29, 1.82) is 0 Å². The van der Waals surface area contributed by atoms with E-state index in [4.69, 9.17) is 22.1 Å². The van der Waals surface area contributed by atoms with Gasteiger partial charge in [0.25, 0.3) is 0 Å². The minimum atomic E-state index is -1.16. The van der Waals surface area contributed by atoms with Gasteiger partial charge < -0.3 is 26.2 Å². The van der Waals surface area contributed by atoms with Crippen LogP contribution in [-0.2, 0) is 16.0 Å². The van der Waals surface area contributed by atoms with Gasteiger partial charge >= 0.3 is 12.0 Å². The maximum Gasteiger partial charge on any atom is 0.337 e. The summed E-state index contributed by atoms with van der Waals surface area (Å²) in [4.78, 5) is 50.9. The number of carboxylic acids is 1. The van der Waals surface area contributed by atoms with Crippen LogP contribution in [0.2, 0.25) is 5.02 Å². The number of methoxy groups -OCH3 is 1. The fourth-order valence-electron chi connectivity index (χ4n) is 3.97. The molecule has 35 heavy (non-hydrogen) atoms. The van der Waals surface area contributed by atoms with Gasteiger partial charge in [0.1, 0.15) is 12.3 Å². The summed E-state index contributed by atoms with van der Waals surface area (Å²) in [6.45, 7) is 1.45. The lowest BCUT2D eigenvalue weighted by Gasteiger charge is -2.25. The smallest absolute Gasteiger partial charge is 0.337 e. The van der Waals surface area contributed by atoms with Crippen LogP contribution in [0.1, 0.15) is 40.9 Å². The van der Waals surface area contributed by atoms with Crippen molar-refractivity contribution in [2.45, 2.75) is 25.8 Å². The van der Waals surface area contributed by atoms with Gasteiger partial charge in [-0.25, -0.2) is 9.59 Å². The van der Waals surface area contributed by atoms with Crippen LogP contribution in [-0.4, -0.2) is 54.0 Å². The van der Waals surface area contributed by atoms with Crippen molar-refractivity contribution in [2.24, 2.45) is 5.92 Å². The molecule has 0 unspecified atom stereocenters. The number of ether oxygens (including phenoxy) is 1. The molecule has 2 aromatic rings. The first-order valence-electron chi connectivity index (χ1n) is 11.0. The molecule has 0 spiro atoms. The van der Waals surface area contributed by atoms with Crippen molar-refractivity contribution in [3.63, 3.8) is 0 Å². The lowest BCUT2D eigenvalue weighted by molar-refractivity contribution is -0.133. The Kier molecular flexibility index (Phi) is 8.18. The van der Waals surface area contributed by atoms with Crippen LogP contribution in [0.25, 0.3) is 0 Å². The predicted octanol–water partition coefficient (Wildman–Crippen LogP) is 2.61. The molecule has 186 valence electrons. The predicted molar refractivity (Wildman–Crippen MR) is 129 cm³/mol. The number of aromatic carboxylic acids is 1. The van der Waals surface area contributed by atoms with Gasteiger partial charge in [-0.1, -0.05) is 24.6 Å². The molecule has 2 atom stereocenters. The number of nitrogens with two attached hydrogens (primary N) is 1. The first-order chi connectivity index (χ1) is 16.6. The number of nitrogens with zero attached hydrogens (tertiary/aromatic N) is 1. The van der Waals surface area contributed by atoms with Crippen LogP contribution >= 0.6 is 11.6 Å². The largest absolute Gasteiger partial charge is 0.496 e. The molecule has 1 saturated heterocycles. The van der Waals surface area contributed by atoms with E-state index in [1.165, 1.54) is 19.2 Å². The Morgan fingerprint density at radius 1 is 1.29 bits per heavy atom. The lowest BCUT2D eigenvalue weighted by Crippen LogP contribution is -2.48. The minimum Gasteiger partial charge on any atom is -0.496 e. The standard InChI is InChI=1S/C24H27ClN4O6/c1-3-19(13-4-6-17(23(32)33)18(26)10-13)28-24(34)29-12-21(30)27-11-15(22(29)31)8-14-9-16(25)5-7-20(14)35-2/h4-7,9-10,15,19H,3,8,11-12,26H2,1-2H3,(H,27,30)(H,28,34)(H,32,33)/t15-,19+/m0/s1. The number of carbonyl (C=O) groups excluding carboxylic acids is 3. The molecule has 4 amide bonds. The Morgan fingerprint density at radius 3 is 2.66 bits per heavy atom. The highest BCUT2D eigenvalue weighted by molar-refractivity contribution is 6.30. The monoisotopic (exact) mass is 502 g/mol. The molecule has 1 aliphatic rings. The first kappa shape index (κ1) is 25.8. The second kappa shape index (κ2) is 11.1. The quantitative estimate of drug-likeness (QED) is 0.425. The summed E-state index contributed by atoms with van der Waals surface area (Å²) in [7, 11) is 1.50. The van der Waals surface area contributed by atoms with Crippen molar-refractivity contribution < 1.29 is 29.0 Å². The zero-order valence-electron chi connectivity index (χ0n) is 19.3. The molecular weight excluding hydrogens is 476 g/mol. The van der Waals surface area contributed by atoms with Crippen molar-refractivity contribution >= 4 is 41.1 Å². The van der Waals surface area contributed by atoms with Crippen LogP contribution < -0.4 is 21.1 Å². The maximum absolute atomic E-state index is 13.3. The first-order valence-corrected chi connectivity index (χ1v) is 11.4. The van der Waals surface area contributed by atoms with Crippen LogP contribution in [0.5, 0.6) is 5.75 Å². The number of carbonyl (C=O) groups is 4. The normalized spacial score (nSPS) is 16.8. The van der Waals surface area contributed by atoms with E-state index in [1.807, 2.05) is 6.92 Å². The topological polar surface area (TPSA) is 151 Å². The second-order valence-electron chi connectivity index (χ2n) is 8.15. The third-order valence-corrected chi connectivity index (χ3v) is 6.07. The van der Waals surface area contributed by atoms with E-state index >= 15 is 0 Å². The molecule has 11 heteroatoms. The molecule has 1 aliphatic heterocycles. The Morgan fingerprint density at radius 2 is 2.03 bits per heavy atom. The number of carboxylic acid groups (broad SMARTS) is 1. The summed E-state index contributed by atoms with van der Waals surface area (Å²) >= 11 is 6.11. The molecule has 1 fully saturated rings. The van der Waals surface area contributed by atoms with Crippen molar-refractivity contribution in [3.05, 3.63) is 58.1 Å². The highest BCUT2D eigenvalue weighted by atomic mass is 35.5. The lowest BCUT2D eigenvalue weighted by atomic mass is 9.97. The number of anilines is 1. The Hall–Kier alpha value is -3.79. The molecule has 0 aliphatic carbocycles. The molecule has 10 nitrogen and oxygen atoms in total. The van der Waals surface area contributed by atoms with Gasteiger partial charge in [-0.05, 0) is 54.3 Å². The molecule has 0 bridgehead atoms. The van der Waals surface area contributed by atoms with Gasteiger partial charge in [-0.15, -0.1) is 0 Å². The van der Waals surface area contributed by atoms with E-state index in [9.17, 15) is 24.3 Å². The zero-order chi connectivity index (χ0) is 25.7. The fourth-order valence-corrected chi connectivity index (χ4v) is 4.16. The summed E-state index contributed by atoms with van der Waals surface area (Å²) < 4.78 is 5.36. The molecule has 0 aromatic heterocycles. The minimum absolute atomic E-state index is 0.0476. The number of hydrogen-bond donors (Lipinski definition) is 4. The molecule has 3 rings (SSSR count). The van der Waals surface area contributed by atoms with E-state index in [1.54, 1.807) is 24.3 Å². The molecule has 2 aromatic carbocycles. The summed E-state index contributed by atoms with van der Waals surface area (Å²) in [5.74, 6) is -2.31. The Bertz CT molecular complexity index is 1150. The molecule has 1 heterocycles. The Labute approximate surface area is 207 Å². The summed E-state index contributed by atoms with van der Waals surface area (Å²) in [5.41, 5.74) is 7.11. The average molecular weight is 503 g/mol. The number of halogens is 1. The van der Waals surface area contributed by atoms with Crippen LogP contribution in [0.15, 0.2) is 36.4 Å². The number of imide groups is 1. The number of hydrogen-bond acceptors (Lipinski definition) is 6. The van der Waals surface area contributed by atoms with Crippen molar-refractivity contribution in [3.8, 4) is 5.75 Å². The number of rotatable bonds is 7. The number of urea groups is 1. The van der Waals surface area contributed by atoms with E-state index in [0.29, 0.717) is 28.3 Å². The molecule has 0 saturated carbocycles.